The van der Waals surface area contributed by atoms with E-state index in [1.165, 1.54) is 7.11 Å². The van der Waals surface area contributed by atoms with Crippen molar-refractivity contribution in [3.8, 4) is 0 Å². The van der Waals surface area contributed by atoms with Gasteiger partial charge in [0.05, 0.1) is 7.11 Å². The molecule has 5 heteroatoms. The van der Waals surface area contributed by atoms with Crippen LogP contribution in [0.25, 0.3) is 0 Å². The van der Waals surface area contributed by atoms with E-state index in [-0.39, 0.29) is 11.8 Å². The molecule has 0 spiro atoms. The number of hydrogen-bond donors (Lipinski definition) is 1. The van der Waals surface area contributed by atoms with Crippen LogP contribution in [0.2, 0.25) is 0 Å². The first-order valence-electron chi connectivity index (χ1n) is 5.75. The molecule has 0 aromatic rings. The molecule has 1 rings (SSSR count). The quantitative estimate of drug-likeness (QED) is 0.753. The van der Waals surface area contributed by atoms with Gasteiger partial charge in [0, 0.05) is 13.1 Å². The van der Waals surface area contributed by atoms with Crippen LogP contribution in [0.15, 0.2) is 12.2 Å². The van der Waals surface area contributed by atoms with Crippen LogP contribution in [-0.2, 0) is 9.53 Å². The molecule has 17 heavy (non-hydrogen) atoms. The molecule has 0 bridgehead atoms. The molecule has 5 nitrogen and oxygen atoms in total. The van der Waals surface area contributed by atoms with Crippen molar-refractivity contribution in [1.29, 1.82) is 0 Å². The summed E-state index contributed by atoms with van der Waals surface area (Å²) in [6.45, 7) is 8.92. The highest BCUT2D eigenvalue weighted by Crippen LogP contribution is 2.16. The number of nitrogens with one attached hydrogen (secondary N) is 1. The van der Waals surface area contributed by atoms with Gasteiger partial charge in [-0.3, -0.25) is 4.79 Å². The summed E-state index contributed by atoms with van der Waals surface area (Å²) in [5.41, 5.74) is 1.05. The number of hydrogen-bond acceptors (Lipinski definition) is 3. The highest BCUT2D eigenvalue weighted by Gasteiger charge is 2.31. The van der Waals surface area contributed by atoms with E-state index in [0.29, 0.717) is 13.1 Å². The maximum atomic E-state index is 12.2. The summed E-state index contributed by atoms with van der Waals surface area (Å²) < 4.78 is 4.53. The third-order valence-corrected chi connectivity index (χ3v) is 2.85. The summed E-state index contributed by atoms with van der Waals surface area (Å²) in [4.78, 5) is 25.1. The molecule has 1 unspecified atom stereocenters. The maximum absolute atomic E-state index is 12.2. The summed E-state index contributed by atoms with van der Waals surface area (Å²) >= 11 is 0. The normalized spacial score (nSPS) is 17.2. The minimum Gasteiger partial charge on any atom is -0.453 e. The number of alkyl carbamates (subject to hydrolysis) is 1. The molecule has 1 fully saturated rings. The van der Waals surface area contributed by atoms with E-state index in [4.69, 9.17) is 0 Å². The van der Waals surface area contributed by atoms with Crippen LogP contribution < -0.4 is 5.32 Å². The van der Waals surface area contributed by atoms with Crippen LogP contribution in [0.3, 0.4) is 0 Å². The molecular weight excluding hydrogens is 220 g/mol. The van der Waals surface area contributed by atoms with Gasteiger partial charge in [0.25, 0.3) is 0 Å². The first kappa shape index (κ1) is 13.5. The third kappa shape index (κ3) is 3.47. The molecule has 1 saturated heterocycles. The lowest BCUT2D eigenvalue weighted by atomic mass is 10.0. The zero-order valence-electron chi connectivity index (χ0n) is 10.7. The number of likely N-dealkylation sites (tertiary alicyclic amines) is 1. The van der Waals surface area contributed by atoms with Gasteiger partial charge in [-0.1, -0.05) is 26.0 Å². The fourth-order valence-corrected chi connectivity index (χ4v) is 1.81. The average Bonchev–Trinajstić information content (AvgIpc) is 2.71. The van der Waals surface area contributed by atoms with Crippen LogP contribution >= 0.6 is 0 Å². The molecule has 1 aliphatic rings. The summed E-state index contributed by atoms with van der Waals surface area (Å²) in [7, 11) is 1.29. The molecule has 1 aliphatic heterocycles. The number of carbonyl (C=O) groups is 2. The van der Waals surface area contributed by atoms with E-state index in [9.17, 15) is 9.59 Å². The highest BCUT2D eigenvalue weighted by atomic mass is 16.5. The van der Waals surface area contributed by atoms with Gasteiger partial charge in [-0.25, -0.2) is 4.79 Å². The Kier molecular flexibility index (Phi) is 4.54. The molecule has 1 atom stereocenters. The SMILES string of the molecule is C=C1CCN(C(=O)C(NC(=O)OC)C(C)C)C1. The van der Waals surface area contributed by atoms with Gasteiger partial charge in [0.15, 0.2) is 0 Å². The molecule has 1 heterocycles. The van der Waals surface area contributed by atoms with E-state index in [2.05, 4.69) is 16.6 Å². The van der Waals surface area contributed by atoms with Crippen molar-refractivity contribution in [3.05, 3.63) is 12.2 Å². The number of nitrogens with zero attached hydrogens (tertiary/aromatic N) is 1. The summed E-state index contributed by atoms with van der Waals surface area (Å²) in [5.74, 6) is -0.0421. The Hall–Kier alpha value is -1.52. The minimum absolute atomic E-state index is 0.0236. The van der Waals surface area contributed by atoms with Crippen molar-refractivity contribution in [2.75, 3.05) is 20.2 Å². The topological polar surface area (TPSA) is 58.6 Å². The van der Waals surface area contributed by atoms with Crippen molar-refractivity contribution in [2.24, 2.45) is 5.92 Å². The Morgan fingerprint density at radius 1 is 1.47 bits per heavy atom. The molecule has 1 N–H and O–H groups in total. The van der Waals surface area contributed by atoms with Gasteiger partial charge in [-0.05, 0) is 12.3 Å². The maximum Gasteiger partial charge on any atom is 0.407 e. The van der Waals surface area contributed by atoms with Crippen LogP contribution in [0.1, 0.15) is 20.3 Å². The average molecular weight is 240 g/mol. The van der Waals surface area contributed by atoms with Gasteiger partial charge in [0.2, 0.25) is 5.91 Å². The lowest BCUT2D eigenvalue weighted by molar-refractivity contribution is -0.133. The second kappa shape index (κ2) is 5.70. The molecule has 0 saturated carbocycles. The predicted molar refractivity (Wildman–Crippen MR) is 64.5 cm³/mol. The Labute approximate surface area is 102 Å². The molecule has 0 aromatic carbocycles. The van der Waals surface area contributed by atoms with Crippen molar-refractivity contribution >= 4 is 12.0 Å². The Morgan fingerprint density at radius 2 is 2.12 bits per heavy atom. The number of rotatable bonds is 3. The molecule has 0 aromatic heterocycles. The number of methoxy groups -OCH3 is 1. The fourth-order valence-electron chi connectivity index (χ4n) is 1.81. The summed E-state index contributed by atoms with van der Waals surface area (Å²) in [6, 6.07) is -0.534. The van der Waals surface area contributed by atoms with Gasteiger partial charge >= 0.3 is 6.09 Å². The highest BCUT2D eigenvalue weighted by molar-refractivity contribution is 5.86. The van der Waals surface area contributed by atoms with Crippen LogP contribution in [0.4, 0.5) is 4.79 Å². The monoisotopic (exact) mass is 240 g/mol. The minimum atomic E-state index is -0.574. The van der Waals surface area contributed by atoms with Gasteiger partial charge in [-0.15, -0.1) is 0 Å². The van der Waals surface area contributed by atoms with Crippen LogP contribution in [0.5, 0.6) is 0 Å². The zero-order chi connectivity index (χ0) is 13.0. The van der Waals surface area contributed by atoms with Crippen molar-refractivity contribution < 1.29 is 14.3 Å². The first-order chi connectivity index (χ1) is 7.95. The van der Waals surface area contributed by atoms with Gasteiger partial charge in [0.1, 0.15) is 6.04 Å². The summed E-state index contributed by atoms with van der Waals surface area (Å²) in [6.07, 6.45) is 0.268. The molecule has 0 aliphatic carbocycles. The Bertz CT molecular complexity index is 326. The number of ether oxygens (including phenoxy) is 1. The standard InChI is InChI=1S/C12H20N2O3/c1-8(2)10(13-12(16)17-4)11(15)14-6-5-9(3)7-14/h8,10H,3,5-7H2,1-2,4H3,(H,13,16). The summed E-state index contributed by atoms with van der Waals surface area (Å²) in [5, 5.41) is 2.58. The molecule has 96 valence electrons. The largest absolute Gasteiger partial charge is 0.453 e. The van der Waals surface area contributed by atoms with E-state index in [1.807, 2.05) is 13.8 Å². The van der Waals surface area contributed by atoms with Crippen molar-refractivity contribution in [1.82, 2.24) is 10.2 Å². The van der Waals surface area contributed by atoms with Crippen molar-refractivity contribution in [2.45, 2.75) is 26.3 Å². The Morgan fingerprint density at radius 3 is 2.53 bits per heavy atom. The predicted octanol–water partition coefficient (Wildman–Crippen LogP) is 1.16. The zero-order valence-corrected chi connectivity index (χ0v) is 10.7. The Balaban J connectivity index is 2.67. The van der Waals surface area contributed by atoms with E-state index >= 15 is 0 Å². The first-order valence-corrected chi connectivity index (χ1v) is 5.75. The van der Waals surface area contributed by atoms with Crippen molar-refractivity contribution in [3.63, 3.8) is 0 Å². The molecule has 2 amide bonds. The molecular formula is C12H20N2O3. The van der Waals surface area contributed by atoms with E-state index in [1.54, 1.807) is 4.90 Å². The lowest BCUT2D eigenvalue weighted by Crippen LogP contribution is -2.50. The fraction of sp³-hybridized carbons (Fsp3) is 0.667. The lowest BCUT2D eigenvalue weighted by Gasteiger charge is -2.25. The molecule has 0 radical (unpaired) electrons. The second-order valence-corrected chi connectivity index (χ2v) is 4.62. The van der Waals surface area contributed by atoms with Gasteiger partial charge < -0.3 is 15.0 Å². The van der Waals surface area contributed by atoms with Crippen LogP contribution in [0, 0.1) is 5.92 Å². The van der Waals surface area contributed by atoms with E-state index < -0.39 is 12.1 Å². The number of amides is 2. The third-order valence-electron chi connectivity index (χ3n) is 2.85. The second-order valence-electron chi connectivity index (χ2n) is 4.62. The van der Waals surface area contributed by atoms with Crippen LogP contribution in [-0.4, -0.2) is 43.1 Å². The van der Waals surface area contributed by atoms with Gasteiger partial charge in [-0.2, -0.15) is 0 Å². The smallest absolute Gasteiger partial charge is 0.407 e. The van der Waals surface area contributed by atoms with E-state index in [0.717, 1.165) is 12.0 Å². The number of carbonyl (C=O) groups excluding carboxylic acids is 2.